The Morgan fingerprint density at radius 2 is 1.91 bits per heavy atom. The third-order valence-corrected chi connectivity index (χ3v) is 8.35. The molecule has 6 rings (SSSR count). The van der Waals surface area contributed by atoms with E-state index in [4.69, 9.17) is 26.6 Å². The van der Waals surface area contributed by atoms with Gasteiger partial charge in [-0.3, -0.25) is 4.79 Å². The Morgan fingerprint density at radius 1 is 1.06 bits per heavy atom. The predicted molar refractivity (Wildman–Crippen MR) is 132 cm³/mol. The van der Waals surface area contributed by atoms with Crippen molar-refractivity contribution in [3.63, 3.8) is 0 Å². The summed E-state index contributed by atoms with van der Waals surface area (Å²) in [7, 11) is 0. The van der Waals surface area contributed by atoms with E-state index in [1.54, 1.807) is 11.3 Å². The van der Waals surface area contributed by atoms with E-state index < -0.39 is 0 Å². The van der Waals surface area contributed by atoms with Crippen LogP contribution in [0.4, 0.5) is 0 Å². The van der Waals surface area contributed by atoms with Crippen molar-refractivity contribution in [2.75, 3.05) is 13.1 Å². The lowest BCUT2D eigenvalue weighted by atomic mass is 9.97. The molecule has 1 aromatic carbocycles. The van der Waals surface area contributed by atoms with Crippen molar-refractivity contribution >= 4 is 50.2 Å². The SMILES string of the molecule is Cc1cc(C(=O)N2CCC(c3nc4cc(Cl)ccc4s3)CC2)c2nc3n(c2n1)CCCCC3. The number of aryl methyl sites for hydroxylation is 3. The average molecular weight is 480 g/mol. The van der Waals surface area contributed by atoms with E-state index in [1.807, 2.05) is 36.1 Å². The van der Waals surface area contributed by atoms with Crippen molar-refractivity contribution in [1.29, 1.82) is 0 Å². The third-order valence-electron chi connectivity index (χ3n) is 6.92. The number of nitrogens with zero attached hydrogens (tertiary/aromatic N) is 5. The second-order valence-electron chi connectivity index (χ2n) is 9.20. The highest BCUT2D eigenvalue weighted by Crippen LogP contribution is 2.35. The summed E-state index contributed by atoms with van der Waals surface area (Å²) in [5.41, 5.74) is 4.19. The van der Waals surface area contributed by atoms with Crippen molar-refractivity contribution in [2.24, 2.45) is 0 Å². The summed E-state index contributed by atoms with van der Waals surface area (Å²) < 4.78 is 3.40. The number of pyridine rings is 1. The number of aromatic nitrogens is 4. The predicted octanol–water partition coefficient (Wildman–Crippen LogP) is 5.75. The number of hydrogen-bond donors (Lipinski definition) is 0. The highest BCUT2D eigenvalue weighted by atomic mass is 35.5. The van der Waals surface area contributed by atoms with Gasteiger partial charge in [-0.25, -0.2) is 15.0 Å². The Balaban J connectivity index is 1.24. The molecule has 6 nitrogen and oxygen atoms in total. The van der Waals surface area contributed by atoms with Crippen LogP contribution in [-0.4, -0.2) is 43.4 Å². The van der Waals surface area contributed by atoms with Crippen molar-refractivity contribution < 1.29 is 4.79 Å². The molecule has 1 fully saturated rings. The number of likely N-dealkylation sites (tertiary alicyclic amines) is 1. The van der Waals surface area contributed by atoms with E-state index in [2.05, 4.69) is 4.57 Å². The van der Waals surface area contributed by atoms with Gasteiger partial charge >= 0.3 is 0 Å². The maximum Gasteiger partial charge on any atom is 0.256 e. The van der Waals surface area contributed by atoms with Crippen LogP contribution in [0.5, 0.6) is 0 Å². The number of carbonyl (C=O) groups excluding carboxylic acids is 1. The summed E-state index contributed by atoms with van der Waals surface area (Å²) in [5.74, 6) is 1.53. The van der Waals surface area contributed by atoms with E-state index in [0.29, 0.717) is 11.5 Å². The van der Waals surface area contributed by atoms with Crippen molar-refractivity contribution in [2.45, 2.75) is 57.9 Å². The maximum absolute atomic E-state index is 13.6. The van der Waals surface area contributed by atoms with Crippen LogP contribution in [0, 0.1) is 6.92 Å². The van der Waals surface area contributed by atoms with E-state index in [9.17, 15) is 4.79 Å². The number of piperidine rings is 1. The molecule has 1 saturated heterocycles. The minimum atomic E-state index is 0.0771. The second-order valence-corrected chi connectivity index (χ2v) is 10.7. The molecule has 0 aliphatic carbocycles. The molecule has 2 aliphatic rings. The van der Waals surface area contributed by atoms with Gasteiger partial charge in [0, 0.05) is 42.7 Å². The van der Waals surface area contributed by atoms with Crippen LogP contribution in [0.25, 0.3) is 21.4 Å². The fourth-order valence-corrected chi connectivity index (χ4v) is 6.45. The topological polar surface area (TPSA) is 63.9 Å². The van der Waals surface area contributed by atoms with Gasteiger partial charge in [0.25, 0.3) is 5.91 Å². The first-order valence-corrected chi connectivity index (χ1v) is 13.0. The van der Waals surface area contributed by atoms with Gasteiger partial charge in [0.2, 0.25) is 0 Å². The first kappa shape index (κ1) is 21.1. The fraction of sp³-hybridized carbons (Fsp3) is 0.440. The highest BCUT2D eigenvalue weighted by Gasteiger charge is 2.29. The minimum Gasteiger partial charge on any atom is -0.339 e. The molecule has 0 spiro atoms. The largest absolute Gasteiger partial charge is 0.339 e. The number of thiazole rings is 1. The van der Waals surface area contributed by atoms with Crippen LogP contribution >= 0.6 is 22.9 Å². The quantitative estimate of drug-likeness (QED) is 0.367. The summed E-state index contributed by atoms with van der Waals surface area (Å²) >= 11 is 7.87. The highest BCUT2D eigenvalue weighted by molar-refractivity contribution is 7.18. The van der Waals surface area contributed by atoms with Crippen LogP contribution < -0.4 is 0 Å². The zero-order chi connectivity index (χ0) is 22.5. The van der Waals surface area contributed by atoms with Gasteiger partial charge in [-0.1, -0.05) is 18.0 Å². The Hall–Kier alpha value is -2.51. The molecule has 5 heterocycles. The Labute approximate surface area is 201 Å². The normalized spacial score (nSPS) is 17.5. The lowest BCUT2D eigenvalue weighted by molar-refractivity contribution is 0.0714. The van der Waals surface area contributed by atoms with Crippen LogP contribution in [0.2, 0.25) is 5.02 Å². The fourth-order valence-electron chi connectivity index (χ4n) is 5.17. The zero-order valence-corrected chi connectivity index (χ0v) is 20.3. The van der Waals surface area contributed by atoms with Crippen molar-refractivity contribution in [3.05, 3.63) is 51.4 Å². The molecule has 3 aromatic heterocycles. The van der Waals surface area contributed by atoms with Crippen LogP contribution in [0.1, 0.15) is 64.9 Å². The van der Waals surface area contributed by atoms with Gasteiger partial charge < -0.3 is 9.47 Å². The molecular formula is C25H26ClN5OS. The first-order chi connectivity index (χ1) is 16.1. The molecular weight excluding hydrogens is 454 g/mol. The zero-order valence-electron chi connectivity index (χ0n) is 18.7. The molecule has 8 heteroatoms. The number of halogens is 1. The lowest BCUT2D eigenvalue weighted by Crippen LogP contribution is -2.38. The number of benzene rings is 1. The lowest BCUT2D eigenvalue weighted by Gasteiger charge is -2.31. The van der Waals surface area contributed by atoms with Crippen LogP contribution in [0.3, 0.4) is 0 Å². The molecule has 33 heavy (non-hydrogen) atoms. The van der Waals surface area contributed by atoms with Gasteiger partial charge in [-0.15, -0.1) is 11.3 Å². The van der Waals surface area contributed by atoms with Gasteiger partial charge in [-0.05, 0) is 56.9 Å². The number of carbonyl (C=O) groups is 1. The summed E-state index contributed by atoms with van der Waals surface area (Å²) in [6.45, 7) is 4.38. The summed E-state index contributed by atoms with van der Waals surface area (Å²) in [5, 5.41) is 1.87. The number of hydrogen-bond acceptors (Lipinski definition) is 5. The molecule has 2 aliphatic heterocycles. The van der Waals surface area contributed by atoms with Gasteiger partial charge in [0.05, 0.1) is 20.8 Å². The van der Waals surface area contributed by atoms with Gasteiger partial charge in [0.1, 0.15) is 11.3 Å². The van der Waals surface area contributed by atoms with Crippen molar-refractivity contribution in [3.8, 4) is 0 Å². The van der Waals surface area contributed by atoms with Gasteiger partial charge in [-0.2, -0.15) is 0 Å². The Kier molecular flexibility index (Phi) is 5.34. The molecule has 0 bridgehead atoms. The summed E-state index contributed by atoms with van der Waals surface area (Å²) in [4.78, 5) is 30.1. The average Bonchev–Trinajstić information content (AvgIpc) is 3.30. The number of fused-ring (bicyclic) bond motifs is 4. The molecule has 4 aromatic rings. The van der Waals surface area contributed by atoms with E-state index in [-0.39, 0.29) is 5.91 Å². The number of rotatable bonds is 2. The smallest absolute Gasteiger partial charge is 0.256 e. The molecule has 170 valence electrons. The first-order valence-electron chi connectivity index (χ1n) is 11.8. The number of amides is 1. The monoisotopic (exact) mass is 479 g/mol. The molecule has 0 N–H and O–H groups in total. The Morgan fingerprint density at radius 3 is 2.76 bits per heavy atom. The molecule has 0 unspecified atom stereocenters. The molecule has 0 saturated carbocycles. The van der Waals surface area contributed by atoms with Crippen LogP contribution in [-0.2, 0) is 13.0 Å². The third kappa shape index (κ3) is 3.81. The second kappa shape index (κ2) is 8.37. The standard InChI is InChI=1S/C25H26ClN5OS/c1-15-13-18(22-23(27-15)31-10-4-2-3-5-21(31)29-22)25(32)30-11-8-16(9-12-30)24-28-19-14-17(26)6-7-20(19)33-24/h6-7,13-14,16H,2-5,8-12H2,1H3. The molecule has 0 atom stereocenters. The Bertz CT molecular complexity index is 1370. The van der Waals surface area contributed by atoms with Crippen LogP contribution in [0.15, 0.2) is 24.3 Å². The van der Waals surface area contributed by atoms with Crippen molar-refractivity contribution in [1.82, 2.24) is 24.4 Å². The molecule has 1 amide bonds. The molecule has 0 radical (unpaired) electrons. The van der Waals surface area contributed by atoms with E-state index >= 15 is 0 Å². The van der Waals surface area contributed by atoms with E-state index in [0.717, 1.165) is 90.0 Å². The minimum absolute atomic E-state index is 0.0771. The van der Waals surface area contributed by atoms with Gasteiger partial charge in [0.15, 0.2) is 5.65 Å². The summed E-state index contributed by atoms with van der Waals surface area (Å²) in [6.07, 6.45) is 6.32. The summed E-state index contributed by atoms with van der Waals surface area (Å²) in [6, 6.07) is 7.81. The maximum atomic E-state index is 13.6. The van der Waals surface area contributed by atoms with E-state index in [1.165, 1.54) is 11.1 Å². The number of imidazole rings is 1.